The first kappa shape index (κ1) is 84.6. The van der Waals surface area contributed by atoms with Crippen molar-refractivity contribution in [2.24, 2.45) is 0 Å². The number of nitriles is 6. The van der Waals surface area contributed by atoms with Gasteiger partial charge in [-0.05, 0) is 178 Å². The third-order valence-electron chi connectivity index (χ3n) is 15.3. The van der Waals surface area contributed by atoms with Crippen LogP contribution in [0.4, 0.5) is 4.39 Å². The van der Waals surface area contributed by atoms with E-state index in [0.29, 0.717) is 32.3 Å². The fourth-order valence-electron chi connectivity index (χ4n) is 9.98. The Morgan fingerprint density at radius 3 is 1.05 bits per heavy atom. The Morgan fingerprint density at radius 1 is 0.289 bits per heavy atom. The molecule has 0 fully saturated rings. The number of fused-ring (bicyclic) bond motifs is 2. The molecule has 506 valence electrons. The van der Waals surface area contributed by atoms with Crippen LogP contribution < -0.4 is 0 Å². The maximum atomic E-state index is 13.4. The molecule has 11 heteroatoms. The highest BCUT2D eigenvalue weighted by molar-refractivity contribution is 6.36. The normalized spacial score (nSPS) is 11.1. The lowest BCUT2D eigenvalue weighted by Gasteiger charge is -2.22. The zero-order chi connectivity index (χ0) is 73.1. The second-order valence-corrected chi connectivity index (χ2v) is 32.2. The molecule has 0 saturated carbocycles. The van der Waals surface area contributed by atoms with Crippen LogP contribution >= 0.6 is 46.4 Å². The average Bonchev–Trinajstić information content (AvgIpc) is 0.787. The van der Waals surface area contributed by atoms with E-state index in [0.717, 1.165) is 54.2 Å². The Morgan fingerprint density at radius 2 is 0.670 bits per heavy atom. The van der Waals surface area contributed by atoms with Crippen LogP contribution in [0.15, 0.2) is 164 Å². The zero-order valence-corrected chi connectivity index (χ0v) is 63.2. The van der Waals surface area contributed by atoms with Crippen molar-refractivity contribution in [2.75, 3.05) is 0 Å². The van der Waals surface area contributed by atoms with Gasteiger partial charge in [-0.15, -0.1) is 0 Å². The molecule has 0 radical (unpaired) electrons. The monoisotopic (exact) mass is 1370 g/mol. The standard InChI is InChI=1S/C16H17N.C15H15N.2C11H12ClN.C11H12FN.C11H13N.C10H12Cl2.CH4/c1-11-5-7-13-12(10-17)6-8-15(14(13)9-11)16(2,3)4;1-15(2,3)14-9-8-11(10-16)12-6-4-5-7-13(12)14;1-11(2,3)9-5-4-8(7-13)10(12)6-9;2*1-11(2,3)9-5-4-8(7-13)6-10(9)12;1-11(2,3)10-6-4-9(8-12)5-7-10;1-10(2,3)9-7(11)5-4-6-8(9)12;/h5-9H,1-4H3;4-9H,1-3H3;3*4-6H,1-3H3;4-7H,1-3H3;4-6H,1-3H3;1H4. The molecular formula is C86H97Cl4FN6. The number of hydrogen-bond donors (Lipinski definition) is 0. The lowest BCUT2D eigenvalue weighted by atomic mass is 9.82. The molecule has 0 N–H and O–H groups in total. The molecule has 0 saturated heterocycles. The molecule has 0 aliphatic carbocycles. The van der Waals surface area contributed by atoms with E-state index in [1.54, 1.807) is 30.3 Å². The van der Waals surface area contributed by atoms with Gasteiger partial charge in [-0.3, -0.25) is 0 Å². The molecule has 0 aliphatic rings. The van der Waals surface area contributed by atoms with Crippen LogP contribution in [0.25, 0.3) is 21.5 Å². The molecule has 0 amide bonds. The third-order valence-corrected chi connectivity index (χ3v) is 16.6. The summed E-state index contributed by atoms with van der Waals surface area (Å²) in [5, 5.41) is 59.9. The fourth-order valence-corrected chi connectivity index (χ4v) is 11.6. The topological polar surface area (TPSA) is 143 Å². The Labute approximate surface area is 601 Å². The van der Waals surface area contributed by atoms with Gasteiger partial charge >= 0.3 is 0 Å². The van der Waals surface area contributed by atoms with E-state index in [4.69, 9.17) is 78.0 Å². The first-order valence-corrected chi connectivity index (χ1v) is 33.2. The van der Waals surface area contributed by atoms with Crippen molar-refractivity contribution < 1.29 is 4.39 Å². The van der Waals surface area contributed by atoms with Crippen LogP contribution in [0, 0.1) is 80.7 Å². The molecule has 0 aliphatic heterocycles. The number of halogens is 5. The molecular weight excluding hydrogens is 1280 g/mol. The summed E-state index contributed by atoms with van der Waals surface area (Å²) in [5.74, 6) is -0.299. The number of aryl methyl sites for hydroxylation is 1. The molecule has 6 nitrogen and oxygen atoms in total. The SMILES string of the molecule is C.CC(C)(C)c1c(Cl)cccc1Cl.CC(C)(C)c1ccc(C#N)c(Cl)c1.CC(C)(C)c1ccc(C#N)c2ccccc12.CC(C)(C)c1ccc(C#N)cc1.CC(C)(C)c1ccc(C#N)cc1Cl.CC(C)(C)c1ccc(C#N)cc1F.Cc1ccc2c(C#N)ccc(C(C)(C)C)c2c1. The van der Waals surface area contributed by atoms with Gasteiger partial charge < -0.3 is 0 Å². The summed E-state index contributed by atoms with van der Waals surface area (Å²) in [6.07, 6.45) is 0. The van der Waals surface area contributed by atoms with Crippen LogP contribution in [0.1, 0.15) is 231 Å². The van der Waals surface area contributed by atoms with Gasteiger partial charge in [0, 0.05) is 15.1 Å². The largest absolute Gasteiger partial charge is 0.207 e. The minimum Gasteiger partial charge on any atom is -0.207 e. The lowest BCUT2D eigenvalue weighted by Crippen LogP contribution is -2.13. The molecule has 0 atom stereocenters. The molecule has 0 bridgehead atoms. The molecule has 0 aromatic heterocycles. The Bertz CT molecular complexity index is 4320. The number of hydrogen-bond acceptors (Lipinski definition) is 6. The second-order valence-electron chi connectivity index (χ2n) is 30.6. The predicted molar refractivity (Wildman–Crippen MR) is 411 cm³/mol. The number of benzene rings is 9. The van der Waals surface area contributed by atoms with Crippen LogP contribution in [0.5, 0.6) is 0 Å². The molecule has 9 rings (SSSR count). The van der Waals surface area contributed by atoms with Gasteiger partial charge in [0.2, 0.25) is 0 Å². The van der Waals surface area contributed by atoms with E-state index in [1.165, 1.54) is 39.1 Å². The summed E-state index contributed by atoms with van der Waals surface area (Å²) in [4.78, 5) is 0. The second kappa shape index (κ2) is 35.7. The highest BCUT2D eigenvalue weighted by Crippen LogP contribution is 2.37. The minimum atomic E-state index is -0.299. The molecule has 0 unspecified atom stereocenters. The lowest BCUT2D eigenvalue weighted by molar-refractivity contribution is 0.522. The van der Waals surface area contributed by atoms with E-state index in [2.05, 4.69) is 192 Å². The molecule has 97 heavy (non-hydrogen) atoms. The van der Waals surface area contributed by atoms with Crippen LogP contribution in [-0.4, -0.2) is 0 Å². The zero-order valence-electron chi connectivity index (χ0n) is 60.2. The van der Waals surface area contributed by atoms with Gasteiger partial charge in [-0.1, -0.05) is 296 Å². The van der Waals surface area contributed by atoms with Crippen molar-refractivity contribution in [3.8, 4) is 36.4 Å². The van der Waals surface area contributed by atoms with E-state index in [-0.39, 0.29) is 51.1 Å². The summed E-state index contributed by atoms with van der Waals surface area (Å²) in [6.45, 7) is 46.5. The van der Waals surface area contributed by atoms with Crippen LogP contribution in [0.3, 0.4) is 0 Å². The smallest absolute Gasteiger partial charge is 0.128 e. The summed E-state index contributed by atoms with van der Waals surface area (Å²) >= 11 is 24.0. The highest BCUT2D eigenvalue weighted by atomic mass is 35.5. The van der Waals surface area contributed by atoms with Gasteiger partial charge in [-0.2, -0.15) is 31.6 Å². The van der Waals surface area contributed by atoms with Gasteiger partial charge in [-0.25, -0.2) is 4.39 Å². The average molecular weight is 1380 g/mol. The summed E-state index contributed by atoms with van der Waals surface area (Å²) in [6, 6.07) is 64.0. The van der Waals surface area contributed by atoms with Crippen molar-refractivity contribution in [3.63, 3.8) is 0 Å². The Kier molecular flexibility index (Phi) is 31.1. The van der Waals surface area contributed by atoms with E-state index in [1.807, 2.05) is 124 Å². The maximum absolute atomic E-state index is 13.4. The first-order valence-electron chi connectivity index (χ1n) is 31.7. The predicted octanol–water partition coefficient (Wildman–Crippen LogP) is 26.1. The van der Waals surface area contributed by atoms with Gasteiger partial charge in [0.1, 0.15) is 11.9 Å². The summed E-state index contributed by atoms with van der Waals surface area (Å²) in [7, 11) is 0. The van der Waals surface area contributed by atoms with E-state index < -0.39 is 0 Å². The van der Waals surface area contributed by atoms with Crippen molar-refractivity contribution in [3.05, 3.63) is 268 Å². The van der Waals surface area contributed by atoms with Crippen LogP contribution in [-0.2, 0) is 37.9 Å². The third kappa shape index (κ3) is 25.5. The maximum Gasteiger partial charge on any atom is 0.128 e. The Balaban J connectivity index is 0.000000386. The van der Waals surface area contributed by atoms with E-state index in [9.17, 15) is 4.39 Å². The first-order chi connectivity index (χ1) is 44.3. The minimum absolute atomic E-state index is 0. The molecule has 0 heterocycles. The highest BCUT2D eigenvalue weighted by Gasteiger charge is 2.23. The summed E-state index contributed by atoms with van der Waals surface area (Å²) < 4.78 is 13.4. The van der Waals surface area contributed by atoms with Crippen molar-refractivity contribution in [1.82, 2.24) is 0 Å². The van der Waals surface area contributed by atoms with Gasteiger partial charge in [0.25, 0.3) is 0 Å². The summed E-state index contributed by atoms with van der Waals surface area (Å²) in [5.41, 5.74) is 13.0. The molecule has 0 spiro atoms. The van der Waals surface area contributed by atoms with Crippen molar-refractivity contribution in [1.29, 1.82) is 31.6 Å². The van der Waals surface area contributed by atoms with Gasteiger partial charge in [0.05, 0.1) is 68.7 Å². The quantitative estimate of drug-likeness (QED) is 0.148. The number of nitrogens with zero attached hydrogens (tertiary/aromatic N) is 6. The van der Waals surface area contributed by atoms with Crippen molar-refractivity contribution >= 4 is 67.9 Å². The fraction of sp³-hybridized carbons (Fsp3) is 0.349. The molecule has 9 aromatic carbocycles. The Hall–Kier alpha value is -8.47. The van der Waals surface area contributed by atoms with Crippen LogP contribution in [0.2, 0.25) is 20.1 Å². The van der Waals surface area contributed by atoms with Gasteiger partial charge in [0.15, 0.2) is 0 Å². The van der Waals surface area contributed by atoms with Crippen molar-refractivity contribution in [2.45, 2.75) is 198 Å². The number of rotatable bonds is 0. The van der Waals surface area contributed by atoms with E-state index >= 15 is 0 Å². The molecule has 9 aromatic rings.